The van der Waals surface area contributed by atoms with E-state index in [1.807, 2.05) is 65.2 Å². The van der Waals surface area contributed by atoms with Gasteiger partial charge in [0.1, 0.15) is 18.1 Å². The van der Waals surface area contributed by atoms with Crippen molar-refractivity contribution in [2.75, 3.05) is 7.11 Å². The molecule has 0 bridgehead atoms. The third-order valence-electron chi connectivity index (χ3n) is 5.51. The number of ether oxygens (including phenoxy) is 1. The van der Waals surface area contributed by atoms with E-state index in [0.29, 0.717) is 22.4 Å². The van der Waals surface area contributed by atoms with Crippen molar-refractivity contribution in [1.82, 2.24) is 25.1 Å². The standard InChI is InChI=1S/C25H21N5O3/c1-33-17-12-10-16(11-13-17)25-27-22(28-29-25)14-26-23(31)15-30-20-8-4-2-6-18(20)24(32)19-7-3-5-9-21(19)30/h2-13H,14-15H2,1H3,(H,26,31)(H,27,28,29). The molecule has 3 aromatic carbocycles. The minimum atomic E-state index is -0.198. The average molecular weight is 439 g/mol. The van der Waals surface area contributed by atoms with Gasteiger partial charge in [-0.1, -0.05) is 24.3 Å². The Morgan fingerprint density at radius 2 is 1.61 bits per heavy atom. The van der Waals surface area contributed by atoms with E-state index < -0.39 is 0 Å². The third-order valence-corrected chi connectivity index (χ3v) is 5.51. The van der Waals surface area contributed by atoms with E-state index in [0.717, 1.165) is 22.3 Å². The highest BCUT2D eigenvalue weighted by Gasteiger charge is 2.13. The molecule has 0 saturated heterocycles. The van der Waals surface area contributed by atoms with E-state index in [1.54, 1.807) is 19.2 Å². The Balaban J connectivity index is 1.35. The molecule has 2 heterocycles. The van der Waals surface area contributed by atoms with E-state index in [2.05, 4.69) is 20.5 Å². The molecular weight excluding hydrogens is 418 g/mol. The summed E-state index contributed by atoms with van der Waals surface area (Å²) in [6, 6.07) is 22.1. The molecule has 1 amide bonds. The third kappa shape index (κ3) is 3.94. The number of rotatable bonds is 6. The van der Waals surface area contributed by atoms with Crippen LogP contribution in [0.5, 0.6) is 5.75 Å². The molecule has 2 aromatic heterocycles. The lowest BCUT2D eigenvalue weighted by molar-refractivity contribution is -0.121. The van der Waals surface area contributed by atoms with Gasteiger partial charge < -0.3 is 14.6 Å². The SMILES string of the molecule is COc1ccc(-c2n[nH]c(CNC(=O)Cn3c4ccccc4c(=O)c4ccccc43)n2)cc1. The van der Waals surface area contributed by atoms with Crippen LogP contribution in [0.2, 0.25) is 0 Å². The number of aromatic amines is 1. The molecule has 0 radical (unpaired) electrons. The molecule has 0 atom stereocenters. The molecule has 0 spiro atoms. The predicted molar refractivity (Wildman–Crippen MR) is 126 cm³/mol. The zero-order valence-corrected chi connectivity index (χ0v) is 17.9. The van der Waals surface area contributed by atoms with Gasteiger partial charge in [-0.25, -0.2) is 4.98 Å². The highest BCUT2D eigenvalue weighted by molar-refractivity contribution is 5.94. The minimum Gasteiger partial charge on any atom is -0.497 e. The zero-order valence-electron chi connectivity index (χ0n) is 17.9. The number of hydrogen-bond donors (Lipinski definition) is 2. The smallest absolute Gasteiger partial charge is 0.240 e. The second kappa shape index (κ2) is 8.58. The van der Waals surface area contributed by atoms with Crippen LogP contribution in [-0.4, -0.2) is 32.8 Å². The van der Waals surface area contributed by atoms with Crippen LogP contribution < -0.4 is 15.5 Å². The summed E-state index contributed by atoms with van der Waals surface area (Å²) in [7, 11) is 1.61. The molecule has 8 heteroatoms. The number of H-pyrrole nitrogens is 1. The number of pyridine rings is 1. The number of nitrogens with one attached hydrogen (secondary N) is 2. The molecule has 5 aromatic rings. The number of carbonyl (C=O) groups excluding carboxylic acids is 1. The summed E-state index contributed by atoms with van der Waals surface area (Å²) in [6.07, 6.45) is 0. The fraction of sp³-hybridized carbons (Fsp3) is 0.120. The number of methoxy groups -OCH3 is 1. The topological polar surface area (TPSA) is 102 Å². The second-order valence-corrected chi connectivity index (χ2v) is 7.56. The summed E-state index contributed by atoms with van der Waals surface area (Å²) in [4.78, 5) is 30.1. The Kier molecular flexibility index (Phi) is 5.32. The average Bonchev–Trinajstić information content (AvgIpc) is 3.34. The lowest BCUT2D eigenvalue weighted by atomic mass is 10.1. The van der Waals surface area contributed by atoms with Crippen LogP contribution in [-0.2, 0) is 17.9 Å². The number of nitrogens with zero attached hydrogens (tertiary/aromatic N) is 3. The Morgan fingerprint density at radius 1 is 0.970 bits per heavy atom. The van der Waals surface area contributed by atoms with Crippen molar-refractivity contribution in [3.63, 3.8) is 0 Å². The van der Waals surface area contributed by atoms with E-state index in [9.17, 15) is 9.59 Å². The van der Waals surface area contributed by atoms with Gasteiger partial charge in [0.25, 0.3) is 0 Å². The van der Waals surface area contributed by atoms with Crippen LogP contribution in [0.25, 0.3) is 33.2 Å². The van der Waals surface area contributed by atoms with Crippen LogP contribution in [0, 0.1) is 0 Å². The number of benzene rings is 3. The molecule has 0 aliphatic rings. The van der Waals surface area contributed by atoms with Crippen molar-refractivity contribution in [2.45, 2.75) is 13.1 Å². The van der Waals surface area contributed by atoms with Gasteiger partial charge in [-0.2, -0.15) is 5.10 Å². The van der Waals surface area contributed by atoms with Gasteiger partial charge in [0, 0.05) is 16.3 Å². The summed E-state index contributed by atoms with van der Waals surface area (Å²) in [6.45, 7) is 0.277. The van der Waals surface area contributed by atoms with Crippen molar-refractivity contribution >= 4 is 27.7 Å². The van der Waals surface area contributed by atoms with Gasteiger partial charge in [-0.15, -0.1) is 0 Å². The quantitative estimate of drug-likeness (QED) is 0.396. The van der Waals surface area contributed by atoms with Crippen LogP contribution in [0.1, 0.15) is 5.82 Å². The van der Waals surface area contributed by atoms with Crippen LogP contribution in [0.15, 0.2) is 77.6 Å². The van der Waals surface area contributed by atoms with Crippen LogP contribution in [0.3, 0.4) is 0 Å². The monoisotopic (exact) mass is 439 g/mol. The van der Waals surface area contributed by atoms with Crippen molar-refractivity contribution in [3.8, 4) is 17.1 Å². The molecule has 2 N–H and O–H groups in total. The highest BCUT2D eigenvalue weighted by Crippen LogP contribution is 2.20. The summed E-state index contributed by atoms with van der Waals surface area (Å²) in [5.41, 5.74) is 2.25. The van der Waals surface area contributed by atoms with Gasteiger partial charge in [-0.3, -0.25) is 14.7 Å². The normalized spacial score (nSPS) is 11.1. The van der Waals surface area contributed by atoms with Crippen LogP contribution in [0.4, 0.5) is 0 Å². The van der Waals surface area contributed by atoms with Gasteiger partial charge >= 0.3 is 0 Å². The number of amides is 1. The first kappa shape index (κ1) is 20.4. The fourth-order valence-electron chi connectivity index (χ4n) is 3.87. The van der Waals surface area contributed by atoms with E-state index >= 15 is 0 Å². The Labute approximate surface area is 188 Å². The molecular formula is C25H21N5O3. The van der Waals surface area contributed by atoms with Crippen molar-refractivity contribution in [3.05, 3.63) is 88.8 Å². The predicted octanol–water partition coefficient (Wildman–Crippen LogP) is 3.26. The van der Waals surface area contributed by atoms with Crippen molar-refractivity contribution in [2.24, 2.45) is 0 Å². The Bertz CT molecular complexity index is 1460. The molecule has 0 unspecified atom stereocenters. The largest absolute Gasteiger partial charge is 0.497 e. The van der Waals surface area contributed by atoms with Gasteiger partial charge in [-0.05, 0) is 48.5 Å². The first-order valence-corrected chi connectivity index (χ1v) is 10.5. The molecule has 0 fully saturated rings. The highest BCUT2D eigenvalue weighted by atomic mass is 16.5. The minimum absolute atomic E-state index is 0.0365. The maximum atomic E-state index is 12.9. The maximum absolute atomic E-state index is 12.9. The molecule has 8 nitrogen and oxygen atoms in total. The molecule has 164 valence electrons. The fourth-order valence-corrected chi connectivity index (χ4v) is 3.87. The van der Waals surface area contributed by atoms with E-state index in [-0.39, 0.29) is 24.4 Å². The Hall–Kier alpha value is -4.46. The number of para-hydroxylation sites is 2. The molecule has 0 saturated carbocycles. The molecule has 0 aliphatic heterocycles. The summed E-state index contributed by atoms with van der Waals surface area (Å²) >= 11 is 0. The number of aromatic nitrogens is 4. The van der Waals surface area contributed by atoms with Crippen LogP contribution >= 0.6 is 0 Å². The molecule has 5 rings (SSSR count). The van der Waals surface area contributed by atoms with E-state index in [1.165, 1.54) is 0 Å². The maximum Gasteiger partial charge on any atom is 0.240 e. The molecule has 0 aliphatic carbocycles. The number of hydrogen-bond acceptors (Lipinski definition) is 5. The van der Waals surface area contributed by atoms with Crippen molar-refractivity contribution < 1.29 is 9.53 Å². The Morgan fingerprint density at radius 3 is 2.24 bits per heavy atom. The molecule has 33 heavy (non-hydrogen) atoms. The van der Waals surface area contributed by atoms with Gasteiger partial charge in [0.2, 0.25) is 5.91 Å². The first-order valence-electron chi connectivity index (χ1n) is 10.5. The second-order valence-electron chi connectivity index (χ2n) is 7.56. The lowest BCUT2D eigenvalue weighted by Crippen LogP contribution is -2.28. The summed E-state index contributed by atoms with van der Waals surface area (Å²) in [5.74, 6) is 1.64. The van der Waals surface area contributed by atoms with Gasteiger partial charge in [0.15, 0.2) is 11.3 Å². The lowest BCUT2D eigenvalue weighted by Gasteiger charge is -2.14. The summed E-state index contributed by atoms with van der Waals surface area (Å²) < 4.78 is 7.03. The van der Waals surface area contributed by atoms with E-state index in [4.69, 9.17) is 4.74 Å². The number of carbonyl (C=O) groups is 1. The van der Waals surface area contributed by atoms with Crippen molar-refractivity contribution in [1.29, 1.82) is 0 Å². The van der Waals surface area contributed by atoms with Gasteiger partial charge in [0.05, 0.1) is 24.7 Å². The zero-order chi connectivity index (χ0) is 22.8. The number of fused-ring (bicyclic) bond motifs is 2. The first-order chi connectivity index (χ1) is 16.1. The summed E-state index contributed by atoms with van der Waals surface area (Å²) in [5, 5.41) is 11.1.